The number of aromatic nitrogens is 2. The lowest BCUT2D eigenvalue weighted by atomic mass is 10.2. The Balaban J connectivity index is 1.80. The Hall–Kier alpha value is -2.63. The molecule has 0 aliphatic rings. The number of rotatable bonds is 6. The molecule has 0 saturated heterocycles. The summed E-state index contributed by atoms with van der Waals surface area (Å²) in [5.74, 6) is 1.03. The van der Waals surface area contributed by atoms with Gasteiger partial charge in [0.1, 0.15) is 31.1 Å². The van der Waals surface area contributed by atoms with Crippen LogP contribution in [0.25, 0.3) is 0 Å². The Labute approximate surface area is 123 Å². The van der Waals surface area contributed by atoms with Crippen molar-refractivity contribution < 1.29 is 9.53 Å². The van der Waals surface area contributed by atoms with Crippen molar-refractivity contribution in [2.75, 3.05) is 30.9 Å². The number of nitrogens with zero attached hydrogens (tertiary/aromatic N) is 3. The van der Waals surface area contributed by atoms with Crippen LogP contribution in [0.2, 0.25) is 0 Å². The zero-order valence-electron chi connectivity index (χ0n) is 12.1. The lowest BCUT2D eigenvalue weighted by molar-refractivity contribution is -0.142. The van der Waals surface area contributed by atoms with E-state index in [9.17, 15) is 4.79 Å². The van der Waals surface area contributed by atoms with Crippen LogP contribution in [0.4, 0.5) is 11.6 Å². The van der Waals surface area contributed by atoms with Gasteiger partial charge in [-0.15, -0.1) is 0 Å². The highest BCUT2D eigenvalue weighted by molar-refractivity contribution is 5.74. The zero-order valence-corrected chi connectivity index (χ0v) is 12.1. The van der Waals surface area contributed by atoms with Gasteiger partial charge < -0.3 is 15.0 Å². The molecule has 2 aromatic rings. The first-order valence-electron chi connectivity index (χ1n) is 6.58. The fourth-order valence-corrected chi connectivity index (χ4v) is 1.64. The fraction of sp³-hybridized carbons (Fsp3) is 0.267. The van der Waals surface area contributed by atoms with Gasteiger partial charge in [-0.05, 0) is 5.56 Å². The van der Waals surface area contributed by atoms with Crippen LogP contribution < -0.4 is 10.2 Å². The van der Waals surface area contributed by atoms with Gasteiger partial charge in [-0.2, -0.15) is 0 Å². The van der Waals surface area contributed by atoms with Crippen LogP contribution in [-0.4, -0.2) is 36.6 Å². The predicted molar refractivity (Wildman–Crippen MR) is 81.1 cm³/mol. The molecule has 0 radical (unpaired) electrons. The molecule has 0 unspecified atom stereocenters. The maximum Gasteiger partial charge on any atom is 0.325 e. The third-order valence-corrected chi connectivity index (χ3v) is 2.77. The van der Waals surface area contributed by atoms with Gasteiger partial charge in [-0.25, -0.2) is 9.97 Å². The van der Waals surface area contributed by atoms with Crippen LogP contribution in [0, 0.1) is 0 Å². The first-order chi connectivity index (χ1) is 10.1. The van der Waals surface area contributed by atoms with Gasteiger partial charge in [0.2, 0.25) is 0 Å². The van der Waals surface area contributed by atoms with Crippen molar-refractivity contribution in [3.05, 3.63) is 48.3 Å². The number of hydrogen-bond acceptors (Lipinski definition) is 6. The summed E-state index contributed by atoms with van der Waals surface area (Å²) in [5.41, 5.74) is 0.961. The van der Waals surface area contributed by atoms with Gasteiger partial charge in [0.25, 0.3) is 0 Å². The molecule has 0 fully saturated rings. The van der Waals surface area contributed by atoms with Gasteiger partial charge in [0.05, 0.1) is 0 Å². The molecular formula is C15H18N4O2. The molecule has 0 aliphatic carbocycles. The number of carbonyl (C=O) groups is 1. The molecule has 0 amide bonds. The molecule has 2 rings (SSSR count). The summed E-state index contributed by atoms with van der Waals surface area (Å²) in [6.07, 6.45) is 1.45. The van der Waals surface area contributed by atoms with Crippen molar-refractivity contribution in [3.63, 3.8) is 0 Å². The Morgan fingerprint density at radius 3 is 2.71 bits per heavy atom. The van der Waals surface area contributed by atoms with E-state index < -0.39 is 0 Å². The number of ether oxygens (including phenoxy) is 1. The van der Waals surface area contributed by atoms with Crippen LogP contribution in [0.15, 0.2) is 42.7 Å². The van der Waals surface area contributed by atoms with Crippen molar-refractivity contribution >= 4 is 17.6 Å². The fourth-order valence-electron chi connectivity index (χ4n) is 1.64. The quantitative estimate of drug-likeness (QED) is 0.815. The molecule has 1 heterocycles. The molecular weight excluding hydrogens is 268 g/mol. The average Bonchev–Trinajstić information content (AvgIpc) is 2.52. The molecule has 0 aliphatic heterocycles. The van der Waals surface area contributed by atoms with E-state index in [0.29, 0.717) is 5.82 Å². The second-order valence-corrected chi connectivity index (χ2v) is 4.66. The SMILES string of the molecule is CN(C)c1cc(NCC(=O)OCc2ccccc2)ncn1. The zero-order chi connectivity index (χ0) is 15.1. The topological polar surface area (TPSA) is 67.4 Å². The predicted octanol–water partition coefficient (Wildman–Crippen LogP) is 1.70. The molecule has 0 bridgehead atoms. The number of anilines is 2. The molecule has 1 aromatic heterocycles. The summed E-state index contributed by atoms with van der Waals surface area (Å²) in [4.78, 5) is 21.7. The number of carbonyl (C=O) groups excluding carboxylic acids is 1. The standard InChI is InChI=1S/C15H18N4O2/c1-19(2)14-8-13(17-11-18-14)16-9-15(20)21-10-12-6-4-3-5-7-12/h3-8,11H,9-10H2,1-2H3,(H,16,17,18). The number of hydrogen-bond donors (Lipinski definition) is 1. The Morgan fingerprint density at radius 2 is 2.00 bits per heavy atom. The van der Waals surface area contributed by atoms with Crippen LogP contribution in [0.3, 0.4) is 0 Å². The van der Waals surface area contributed by atoms with E-state index in [-0.39, 0.29) is 19.1 Å². The van der Waals surface area contributed by atoms with Crippen LogP contribution >= 0.6 is 0 Å². The molecule has 6 nitrogen and oxygen atoms in total. The van der Waals surface area contributed by atoms with E-state index in [1.807, 2.05) is 49.3 Å². The Morgan fingerprint density at radius 1 is 1.24 bits per heavy atom. The number of esters is 1. The van der Waals surface area contributed by atoms with Crippen molar-refractivity contribution in [1.29, 1.82) is 0 Å². The average molecular weight is 286 g/mol. The second kappa shape index (κ2) is 7.23. The van der Waals surface area contributed by atoms with Crippen molar-refractivity contribution in [3.8, 4) is 0 Å². The third-order valence-electron chi connectivity index (χ3n) is 2.77. The highest BCUT2D eigenvalue weighted by Crippen LogP contribution is 2.10. The molecule has 6 heteroatoms. The van der Waals surface area contributed by atoms with Crippen molar-refractivity contribution in [2.24, 2.45) is 0 Å². The van der Waals surface area contributed by atoms with Gasteiger partial charge in [0, 0.05) is 20.2 Å². The third kappa shape index (κ3) is 4.76. The van der Waals surface area contributed by atoms with Crippen LogP contribution in [0.1, 0.15) is 5.56 Å². The van der Waals surface area contributed by atoms with E-state index in [4.69, 9.17) is 4.74 Å². The molecule has 0 spiro atoms. The number of benzene rings is 1. The highest BCUT2D eigenvalue weighted by atomic mass is 16.5. The van der Waals surface area contributed by atoms with E-state index in [0.717, 1.165) is 11.4 Å². The molecule has 1 aromatic carbocycles. The van der Waals surface area contributed by atoms with Gasteiger partial charge in [0.15, 0.2) is 0 Å². The van der Waals surface area contributed by atoms with Crippen molar-refractivity contribution in [2.45, 2.75) is 6.61 Å². The maximum absolute atomic E-state index is 11.7. The van der Waals surface area contributed by atoms with Gasteiger partial charge in [-0.1, -0.05) is 30.3 Å². The first-order valence-corrected chi connectivity index (χ1v) is 6.58. The van der Waals surface area contributed by atoms with Gasteiger partial charge in [-0.3, -0.25) is 4.79 Å². The summed E-state index contributed by atoms with van der Waals surface area (Å²) in [6.45, 7) is 0.338. The molecule has 0 saturated carbocycles. The normalized spacial score (nSPS) is 10.0. The van der Waals surface area contributed by atoms with Gasteiger partial charge >= 0.3 is 5.97 Å². The largest absolute Gasteiger partial charge is 0.460 e. The van der Waals surface area contributed by atoms with E-state index in [1.165, 1.54) is 6.33 Å². The molecule has 0 atom stereocenters. The Bertz CT molecular complexity index is 587. The molecule has 1 N–H and O–H groups in total. The summed E-state index contributed by atoms with van der Waals surface area (Å²) in [6, 6.07) is 11.3. The monoisotopic (exact) mass is 286 g/mol. The van der Waals surface area contributed by atoms with Crippen LogP contribution in [-0.2, 0) is 16.1 Å². The van der Waals surface area contributed by atoms with E-state index in [2.05, 4.69) is 15.3 Å². The smallest absolute Gasteiger partial charge is 0.325 e. The van der Waals surface area contributed by atoms with E-state index in [1.54, 1.807) is 6.07 Å². The summed E-state index contributed by atoms with van der Waals surface area (Å²) in [5, 5.41) is 2.92. The summed E-state index contributed by atoms with van der Waals surface area (Å²) >= 11 is 0. The Kier molecular flexibility index (Phi) is 5.09. The lowest BCUT2D eigenvalue weighted by Gasteiger charge is -2.12. The first kappa shape index (κ1) is 14.8. The van der Waals surface area contributed by atoms with Crippen LogP contribution in [0.5, 0.6) is 0 Å². The highest BCUT2D eigenvalue weighted by Gasteiger charge is 2.05. The summed E-state index contributed by atoms with van der Waals surface area (Å²) < 4.78 is 5.17. The van der Waals surface area contributed by atoms with E-state index >= 15 is 0 Å². The van der Waals surface area contributed by atoms with Crippen molar-refractivity contribution in [1.82, 2.24) is 9.97 Å². The summed E-state index contributed by atoms with van der Waals surface area (Å²) in [7, 11) is 3.78. The molecule has 110 valence electrons. The minimum atomic E-state index is -0.330. The lowest BCUT2D eigenvalue weighted by Crippen LogP contribution is -2.18. The minimum Gasteiger partial charge on any atom is -0.460 e. The maximum atomic E-state index is 11.7. The molecule has 21 heavy (non-hydrogen) atoms. The minimum absolute atomic E-state index is 0.0662. The number of nitrogens with one attached hydrogen (secondary N) is 1. The second-order valence-electron chi connectivity index (χ2n) is 4.66.